The van der Waals surface area contributed by atoms with E-state index in [1.807, 2.05) is 37.6 Å². The van der Waals surface area contributed by atoms with Crippen LogP contribution in [0.4, 0.5) is 0 Å². The van der Waals surface area contributed by atoms with Gasteiger partial charge in [-0.1, -0.05) is 0 Å². The van der Waals surface area contributed by atoms with Gasteiger partial charge in [-0.2, -0.15) is 0 Å². The largest absolute Gasteiger partial charge is 0.494 e. The third-order valence-corrected chi connectivity index (χ3v) is 2.99. The summed E-state index contributed by atoms with van der Waals surface area (Å²) in [6.07, 6.45) is 0. The third-order valence-electron chi connectivity index (χ3n) is 2.99. The van der Waals surface area contributed by atoms with Crippen molar-refractivity contribution in [3.05, 3.63) is 29.5 Å². The topological polar surface area (TPSA) is 51.5 Å². The zero-order chi connectivity index (χ0) is 12.6. The molecule has 90 valence electrons. The number of carboxylic acid groups (broad SMARTS) is 1. The van der Waals surface area contributed by atoms with Gasteiger partial charge < -0.3 is 14.4 Å². The molecule has 0 bridgehead atoms. The van der Waals surface area contributed by atoms with Gasteiger partial charge in [-0.3, -0.25) is 0 Å². The smallest absolute Gasteiger partial charge is 0.338 e. The first-order valence-electron chi connectivity index (χ1n) is 5.51. The fourth-order valence-corrected chi connectivity index (χ4v) is 2.08. The van der Waals surface area contributed by atoms with Gasteiger partial charge in [0.2, 0.25) is 0 Å². The second-order valence-corrected chi connectivity index (χ2v) is 3.94. The quantitative estimate of drug-likeness (QED) is 0.886. The summed E-state index contributed by atoms with van der Waals surface area (Å²) in [5, 5.41) is 9.97. The van der Waals surface area contributed by atoms with Gasteiger partial charge in [-0.05, 0) is 32.0 Å². The van der Waals surface area contributed by atoms with Crippen molar-refractivity contribution in [2.24, 2.45) is 7.05 Å². The van der Waals surface area contributed by atoms with E-state index in [1.165, 1.54) is 0 Å². The Labute approximate surface area is 99.4 Å². The lowest BCUT2D eigenvalue weighted by Crippen LogP contribution is -1.99. The first-order chi connectivity index (χ1) is 8.06. The number of aryl methyl sites for hydroxylation is 1. The summed E-state index contributed by atoms with van der Waals surface area (Å²) >= 11 is 0. The molecule has 1 heterocycles. The third kappa shape index (κ3) is 1.75. The van der Waals surface area contributed by atoms with E-state index in [1.54, 1.807) is 6.07 Å². The summed E-state index contributed by atoms with van der Waals surface area (Å²) in [5.74, 6) is -0.199. The summed E-state index contributed by atoms with van der Waals surface area (Å²) in [5.41, 5.74) is 2.01. The number of carbonyl (C=O) groups is 1. The molecule has 0 amide bonds. The highest BCUT2D eigenvalue weighted by Crippen LogP contribution is 2.28. The molecular weight excluding hydrogens is 218 g/mol. The average molecular weight is 233 g/mol. The van der Waals surface area contributed by atoms with Crippen molar-refractivity contribution in [3.63, 3.8) is 0 Å². The molecule has 0 radical (unpaired) electrons. The van der Waals surface area contributed by atoms with Crippen LogP contribution in [-0.2, 0) is 7.05 Å². The maximum Gasteiger partial charge on any atom is 0.338 e. The Balaban J connectivity index is 2.74. The maximum absolute atomic E-state index is 11.3. The van der Waals surface area contributed by atoms with Gasteiger partial charge in [-0.25, -0.2) is 4.79 Å². The van der Waals surface area contributed by atoms with Crippen molar-refractivity contribution in [1.29, 1.82) is 0 Å². The monoisotopic (exact) mass is 233 g/mol. The van der Waals surface area contributed by atoms with Gasteiger partial charge in [0.05, 0.1) is 12.2 Å². The average Bonchev–Trinajstić information content (AvgIpc) is 2.52. The van der Waals surface area contributed by atoms with Crippen LogP contribution in [0.2, 0.25) is 0 Å². The molecule has 0 aliphatic rings. The molecule has 0 saturated carbocycles. The Morgan fingerprint density at radius 2 is 2.18 bits per heavy atom. The lowest BCUT2D eigenvalue weighted by molar-refractivity contribution is 0.0698. The van der Waals surface area contributed by atoms with E-state index in [9.17, 15) is 9.90 Å². The van der Waals surface area contributed by atoms with Gasteiger partial charge in [0.15, 0.2) is 0 Å². The molecule has 4 heteroatoms. The number of aromatic carboxylic acids is 1. The van der Waals surface area contributed by atoms with Crippen molar-refractivity contribution >= 4 is 16.9 Å². The number of fused-ring (bicyclic) bond motifs is 1. The molecule has 0 spiro atoms. The fraction of sp³-hybridized carbons (Fsp3) is 0.308. The van der Waals surface area contributed by atoms with E-state index >= 15 is 0 Å². The zero-order valence-electron chi connectivity index (χ0n) is 10.2. The first-order valence-corrected chi connectivity index (χ1v) is 5.51. The number of benzene rings is 1. The van der Waals surface area contributed by atoms with Crippen LogP contribution in [0.5, 0.6) is 5.75 Å². The molecule has 0 saturated heterocycles. The van der Waals surface area contributed by atoms with Crippen molar-refractivity contribution in [2.75, 3.05) is 6.61 Å². The van der Waals surface area contributed by atoms with Gasteiger partial charge in [0, 0.05) is 23.6 Å². The van der Waals surface area contributed by atoms with Crippen molar-refractivity contribution in [2.45, 2.75) is 13.8 Å². The SMILES string of the molecule is CCOc1ccc2c(c1)c(C(=O)O)c(C)n2C. The second-order valence-electron chi connectivity index (χ2n) is 3.94. The molecule has 0 fully saturated rings. The Morgan fingerprint density at radius 3 is 2.76 bits per heavy atom. The van der Waals surface area contributed by atoms with Crippen LogP contribution in [-0.4, -0.2) is 22.2 Å². The molecule has 17 heavy (non-hydrogen) atoms. The van der Waals surface area contributed by atoms with E-state index in [4.69, 9.17) is 4.74 Å². The van der Waals surface area contributed by atoms with Gasteiger partial charge >= 0.3 is 5.97 Å². The van der Waals surface area contributed by atoms with Gasteiger partial charge in [0.25, 0.3) is 0 Å². The summed E-state index contributed by atoms with van der Waals surface area (Å²) < 4.78 is 7.28. The summed E-state index contributed by atoms with van der Waals surface area (Å²) in [4.78, 5) is 11.3. The standard InChI is InChI=1S/C13H15NO3/c1-4-17-9-5-6-11-10(7-9)12(13(15)16)8(2)14(11)3/h5-7H,4H2,1-3H3,(H,15,16). The van der Waals surface area contributed by atoms with Gasteiger partial charge in [0.1, 0.15) is 5.75 Å². The van der Waals surface area contributed by atoms with Crippen molar-refractivity contribution < 1.29 is 14.6 Å². The lowest BCUT2D eigenvalue weighted by Gasteiger charge is -2.03. The Morgan fingerprint density at radius 1 is 1.47 bits per heavy atom. The van der Waals surface area contributed by atoms with E-state index in [-0.39, 0.29) is 0 Å². The molecule has 1 aromatic carbocycles. The Kier molecular flexibility index (Phi) is 2.79. The molecule has 0 aliphatic heterocycles. The normalized spacial score (nSPS) is 10.8. The highest BCUT2D eigenvalue weighted by atomic mass is 16.5. The molecule has 2 rings (SSSR count). The Bertz CT molecular complexity index is 584. The predicted molar refractivity (Wildman–Crippen MR) is 65.8 cm³/mol. The van der Waals surface area contributed by atoms with E-state index in [2.05, 4.69) is 0 Å². The van der Waals surface area contributed by atoms with Crippen LogP contribution < -0.4 is 4.74 Å². The first kappa shape index (κ1) is 11.5. The molecule has 0 unspecified atom stereocenters. The molecular formula is C13H15NO3. The van der Waals surface area contributed by atoms with Crippen LogP contribution in [0.15, 0.2) is 18.2 Å². The number of hydrogen-bond donors (Lipinski definition) is 1. The minimum Gasteiger partial charge on any atom is -0.494 e. The van der Waals surface area contributed by atoms with Crippen LogP contribution >= 0.6 is 0 Å². The molecule has 1 N–H and O–H groups in total. The van der Waals surface area contributed by atoms with Crippen LogP contribution in [0, 0.1) is 6.92 Å². The minimum atomic E-state index is -0.901. The fourth-order valence-electron chi connectivity index (χ4n) is 2.08. The molecule has 2 aromatic rings. The van der Waals surface area contributed by atoms with E-state index in [0.717, 1.165) is 16.6 Å². The van der Waals surface area contributed by atoms with E-state index < -0.39 is 5.97 Å². The molecule has 4 nitrogen and oxygen atoms in total. The number of hydrogen-bond acceptors (Lipinski definition) is 2. The van der Waals surface area contributed by atoms with Crippen molar-refractivity contribution in [1.82, 2.24) is 4.57 Å². The summed E-state index contributed by atoms with van der Waals surface area (Å²) in [7, 11) is 1.87. The molecule has 1 aromatic heterocycles. The zero-order valence-corrected chi connectivity index (χ0v) is 10.2. The maximum atomic E-state index is 11.3. The predicted octanol–water partition coefficient (Wildman–Crippen LogP) is 2.58. The second kappa shape index (κ2) is 4.13. The number of carboxylic acids is 1. The molecule has 0 atom stereocenters. The number of rotatable bonds is 3. The number of nitrogens with zero attached hydrogens (tertiary/aromatic N) is 1. The number of aromatic nitrogens is 1. The highest BCUT2D eigenvalue weighted by molar-refractivity contribution is 6.05. The highest BCUT2D eigenvalue weighted by Gasteiger charge is 2.17. The minimum absolute atomic E-state index is 0.351. The number of ether oxygens (including phenoxy) is 1. The van der Waals surface area contributed by atoms with Crippen molar-refractivity contribution in [3.8, 4) is 5.75 Å². The summed E-state index contributed by atoms with van der Waals surface area (Å²) in [6.45, 7) is 4.28. The lowest BCUT2D eigenvalue weighted by atomic mass is 10.1. The van der Waals surface area contributed by atoms with Crippen LogP contribution in [0.25, 0.3) is 10.9 Å². The Hall–Kier alpha value is -1.97. The summed E-state index contributed by atoms with van der Waals surface area (Å²) in [6, 6.07) is 5.53. The molecule has 0 aliphatic carbocycles. The van der Waals surface area contributed by atoms with Crippen LogP contribution in [0.1, 0.15) is 23.0 Å². The van der Waals surface area contributed by atoms with Crippen LogP contribution in [0.3, 0.4) is 0 Å². The van der Waals surface area contributed by atoms with Gasteiger partial charge in [-0.15, -0.1) is 0 Å². The van der Waals surface area contributed by atoms with E-state index in [0.29, 0.717) is 17.9 Å².